The first kappa shape index (κ1) is 7.61. The summed E-state index contributed by atoms with van der Waals surface area (Å²) < 4.78 is 0.807. The zero-order valence-corrected chi connectivity index (χ0v) is 7.81. The maximum atomic E-state index is 11.2. The molecular formula is C8H7BrN2O. The summed E-state index contributed by atoms with van der Waals surface area (Å²) in [4.78, 5) is 11.2. The molecule has 0 saturated heterocycles. The summed E-state index contributed by atoms with van der Waals surface area (Å²) in [5.74, 6) is -0.0517. The molecule has 0 atom stereocenters. The predicted octanol–water partition coefficient (Wildman–Crippen LogP) is 1.27. The van der Waals surface area contributed by atoms with E-state index in [1.54, 1.807) is 12.1 Å². The summed E-state index contributed by atoms with van der Waals surface area (Å²) >= 11 is 3.31. The maximum Gasteiger partial charge on any atom is 0.253 e. The van der Waals surface area contributed by atoms with Crippen LogP contribution in [-0.2, 0) is 6.54 Å². The van der Waals surface area contributed by atoms with E-state index in [1.165, 1.54) is 0 Å². The molecule has 0 bridgehead atoms. The van der Waals surface area contributed by atoms with E-state index < -0.39 is 0 Å². The Morgan fingerprint density at radius 3 is 2.92 bits per heavy atom. The number of nitrogens with one attached hydrogen (secondary N) is 1. The van der Waals surface area contributed by atoms with E-state index in [-0.39, 0.29) is 5.91 Å². The van der Waals surface area contributed by atoms with Crippen LogP contribution in [-0.4, -0.2) is 5.91 Å². The van der Waals surface area contributed by atoms with Crippen molar-refractivity contribution in [1.82, 2.24) is 5.32 Å². The quantitative estimate of drug-likeness (QED) is 0.656. The third-order valence-electron chi connectivity index (χ3n) is 1.95. The Hall–Kier alpha value is -1.03. The Bertz CT molecular complexity index is 362. The first-order valence-electron chi connectivity index (χ1n) is 3.55. The molecule has 3 nitrogen and oxygen atoms in total. The highest BCUT2D eigenvalue weighted by Gasteiger charge is 2.23. The van der Waals surface area contributed by atoms with Gasteiger partial charge in [0.05, 0.1) is 5.56 Å². The Kier molecular flexibility index (Phi) is 1.58. The third-order valence-corrected chi connectivity index (χ3v) is 2.61. The van der Waals surface area contributed by atoms with E-state index in [1.807, 2.05) is 0 Å². The molecule has 0 radical (unpaired) electrons. The van der Waals surface area contributed by atoms with Gasteiger partial charge in [-0.05, 0) is 28.1 Å². The summed E-state index contributed by atoms with van der Waals surface area (Å²) in [7, 11) is 0. The van der Waals surface area contributed by atoms with Crippen molar-refractivity contribution in [3.8, 4) is 0 Å². The molecule has 1 aliphatic rings. The zero-order valence-electron chi connectivity index (χ0n) is 6.23. The van der Waals surface area contributed by atoms with Gasteiger partial charge in [0, 0.05) is 22.3 Å². The van der Waals surface area contributed by atoms with E-state index in [2.05, 4.69) is 21.2 Å². The second-order valence-corrected chi connectivity index (χ2v) is 3.53. The number of hydrogen-bond donors (Lipinski definition) is 2. The summed E-state index contributed by atoms with van der Waals surface area (Å²) in [6, 6.07) is 3.59. The number of carbonyl (C=O) groups is 1. The van der Waals surface area contributed by atoms with Gasteiger partial charge >= 0.3 is 0 Å². The van der Waals surface area contributed by atoms with Crippen molar-refractivity contribution in [2.75, 3.05) is 5.73 Å². The normalized spacial score (nSPS) is 14.2. The van der Waals surface area contributed by atoms with Gasteiger partial charge < -0.3 is 11.1 Å². The molecule has 0 aromatic heterocycles. The minimum Gasteiger partial charge on any atom is -0.398 e. The SMILES string of the molecule is Nc1ccc(Br)c2c1CNC2=O. The topological polar surface area (TPSA) is 55.1 Å². The molecule has 1 aliphatic heterocycles. The summed E-state index contributed by atoms with van der Waals surface area (Å²) in [6.07, 6.45) is 0. The van der Waals surface area contributed by atoms with E-state index in [0.29, 0.717) is 17.8 Å². The Morgan fingerprint density at radius 1 is 1.50 bits per heavy atom. The van der Waals surface area contributed by atoms with Gasteiger partial charge in [-0.15, -0.1) is 0 Å². The Balaban J connectivity index is 2.72. The molecule has 1 heterocycles. The fraction of sp³-hybridized carbons (Fsp3) is 0.125. The van der Waals surface area contributed by atoms with E-state index in [4.69, 9.17) is 5.73 Å². The van der Waals surface area contributed by atoms with Crippen LogP contribution in [0.15, 0.2) is 16.6 Å². The number of fused-ring (bicyclic) bond motifs is 1. The van der Waals surface area contributed by atoms with Crippen LogP contribution in [0.1, 0.15) is 15.9 Å². The van der Waals surface area contributed by atoms with Crippen molar-refractivity contribution in [3.63, 3.8) is 0 Å². The second-order valence-electron chi connectivity index (χ2n) is 2.67. The van der Waals surface area contributed by atoms with E-state index in [0.717, 1.165) is 10.0 Å². The predicted molar refractivity (Wildman–Crippen MR) is 49.7 cm³/mol. The van der Waals surface area contributed by atoms with Crippen LogP contribution in [0.5, 0.6) is 0 Å². The van der Waals surface area contributed by atoms with Crippen LogP contribution in [0.4, 0.5) is 5.69 Å². The first-order chi connectivity index (χ1) is 5.70. The number of amides is 1. The number of rotatable bonds is 0. The van der Waals surface area contributed by atoms with Gasteiger partial charge in [0.15, 0.2) is 0 Å². The molecule has 0 aliphatic carbocycles. The molecule has 1 amide bonds. The van der Waals surface area contributed by atoms with E-state index in [9.17, 15) is 4.79 Å². The molecule has 1 aromatic rings. The van der Waals surface area contributed by atoms with Crippen molar-refractivity contribution >= 4 is 27.5 Å². The highest BCUT2D eigenvalue weighted by Crippen LogP contribution is 2.28. The van der Waals surface area contributed by atoms with Gasteiger partial charge in [-0.3, -0.25) is 4.79 Å². The molecule has 62 valence electrons. The van der Waals surface area contributed by atoms with Crippen molar-refractivity contribution < 1.29 is 4.79 Å². The average Bonchev–Trinajstić information content (AvgIpc) is 2.42. The minimum atomic E-state index is -0.0517. The van der Waals surface area contributed by atoms with E-state index >= 15 is 0 Å². The number of halogens is 1. The molecule has 0 spiro atoms. The number of benzene rings is 1. The molecule has 0 fully saturated rings. The van der Waals surface area contributed by atoms with Crippen LogP contribution in [0.3, 0.4) is 0 Å². The monoisotopic (exact) mass is 226 g/mol. The van der Waals surface area contributed by atoms with Gasteiger partial charge in [-0.2, -0.15) is 0 Å². The smallest absolute Gasteiger partial charge is 0.253 e. The molecule has 3 N–H and O–H groups in total. The van der Waals surface area contributed by atoms with Crippen molar-refractivity contribution in [3.05, 3.63) is 27.7 Å². The fourth-order valence-corrected chi connectivity index (χ4v) is 1.88. The number of carbonyl (C=O) groups excluding carboxylic acids is 1. The molecule has 1 aromatic carbocycles. The second kappa shape index (κ2) is 2.48. The first-order valence-corrected chi connectivity index (χ1v) is 4.34. The van der Waals surface area contributed by atoms with Crippen LogP contribution in [0.2, 0.25) is 0 Å². The molecule has 0 unspecified atom stereocenters. The standard InChI is InChI=1S/C8H7BrN2O/c9-5-1-2-6(10)4-3-11-8(12)7(4)5/h1-2H,3,10H2,(H,11,12). The van der Waals surface area contributed by atoms with Gasteiger partial charge in [0.25, 0.3) is 5.91 Å². The lowest BCUT2D eigenvalue weighted by Gasteiger charge is -2.01. The van der Waals surface area contributed by atoms with Crippen LogP contribution in [0.25, 0.3) is 0 Å². The number of hydrogen-bond acceptors (Lipinski definition) is 2. The Morgan fingerprint density at radius 2 is 2.25 bits per heavy atom. The summed E-state index contributed by atoms with van der Waals surface area (Å²) in [5.41, 5.74) is 7.94. The number of nitrogen functional groups attached to an aromatic ring is 1. The zero-order chi connectivity index (χ0) is 8.72. The molecule has 2 rings (SSSR count). The van der Waals surface area contributed by atoms with Crippen LogP contribution in [0, 0.1) is 0 Å². The van der Waals surface area contributed by atoms with Gasteiger partial charge in [-0.25, -0.2) is 0 Å². The highest BCUT2D eigenvalue weighted by atomic mass is 79.9. The molecule has 0 saturated carbocycles. The van der Waals surface area contributed by atoms with Crippen LogP contribution < -0.4 is 11.1 Å². The van der Waals surface area contributed by atoms with Crippen molar-refractivity contribution in [2.24, 2.45) is 0 Å². The fourth-order valence-electron chi connectivity index (χ4n) is 1.33. The largest absolute Gasteiger partial charge is 0.398 e. The Labute approximate surface area is 78.1 Å². The van der Waals surface area contributed by atoms with Crippen molar-refractivity contribution in [1.29, 1.82) is 0 Å². The molecule has 4 heteroatoms. The summed E-state index contributed by atoms with van der Waals surface area (Å²) in [5, 5.41) is 2.72. The van der Waals surface area contributed by atoms with Crippen molar-refractivity contribution in [2.45, 2.75) is 6.54 Å². The highest BCUT2D eigenvalue weighted by molar-refractivity contribution is 9.10. The third kappa shape index (κ3) is 0.914. The number of anilines is 1. The maximum absolute atomic E-state index is 11.2. The van der Waals surface area contributed by atoms with Gasteiger partial charge in [-0.1, -0.05) is 0 Å². The van der Waals surface area contributed by atoms with Gasteiger partial charge in [0.2, 0.25) is 0 Å². The lowest BCUT2D eigenvalue weighted by atomic mass is 10.1. The van der Waals surface area contributed by atoms with Crippen LogP contribution >= 0.6 is 15.9 Å². The molecule has 12 heavy (non-hydrogen) atoms. The van der Waals surface area contributed by atoms with Gasteiger partial charge in [0.1, 0.15) is 0 Å². The average molecular weight is 227 g/mol. The lowest BCUT2D eigenvalue weighted by molar-refractivity contribution is 0.0965. The summed E-state index contributed by atoms with van der Waals surface area (Å²) in [6.45, 7) is 0.541. The minimum absolute atomic E-state index is 0.0517. The number of nitrogens with two attached hydrogens (primary N) is 1. The molecular weight excluding hydrogens is 220 g/mol. The lowest BCUT2D eigenvalue weighted by Crippen LogP contribution is -2.12.